The molecular formula is C16H16N4O. The lowest BCUT2D eigenvalue weighted by molar-refractivity contribution is -0.116. The highest BCUT2D eigenvalue weighted by Gasteiger charge is 2.12. The van der Waals surface area contributed by atoms with Crippen LogP contribution in [0.1, 0.15) is 17.0 Å². The average molecular weight is 280 g/mol. The van der Waals surface area contributed by atoms with Crippen LogP contribution in [0.5, 0.6) is 0 Å². The van der Waals surface area contributed by atoms with Gasteiger partial charge >= 0.3 is 0 Å². The third-order valence-electron chi connectivity index (χ3n) is 3.27. The quantitative estimate of drug-likeness (QED) is 0.691. The van der Waals surface area contributed by atoms with Crippen molar-refractivity contribution < 1.29 is 4.79 Å². The lowest BCUT2D eigenvalue weighted by atomic mass is 10.1. The fraction of sp³-hybridized carbons (Fsp3) is 0.188. The van der Waals surface area contributed by atoms with E-state index in [0.717, 1.165) is 22.6 Å². The van der Waals surface area contributed by atoms with E-state index in [2.05, 4.69) is 10.3 Å². The molecule has 0 aliphatic rings. The number of rotatable bonds is 3. The fourth-order valence-electron chi connectivity index (χ4n) is 2.26. The van der Waals surface area contributed by atoms with Crippen molar-refractivity contribution in [3.8, 4) is 11.8 Å². The molecule has 2 aromatic heterocycles. The molecule has 2 rings (SSSR count). The van der Waals surface area contributed by atoms with E-state index in [1.807, 2.05) is 42.7 Å². The number of amides is 1. The summed E-state index contributed by atoms with van der Waals surface area (Å²) in [4.78, 5) is 15.7. The Morgan fingerprint density at radius 2 is 2.24 bits per heavy atom. The van der Waals surface area contributed by atoms with Gasteiger partial charge in [-0.15, -0.1) is 0 Å². The van der Waals surface area contributed by atoms with Crippen molar-refractivity contribution in [3.63, 3.8) is 0 Å². The minimum Gasteiger partial charge on any atom is -0.354 e. The van der Waals surface area contributed by atoms with E-state index >= 15 is 0 Å². The molecule has 0 radical (unpaired) electrons. The first kappa shape index (κ1) is 14.5. The second kappa shape index (κ2) is 6.06. The third kappa shape index (κ3) is 2.84. The predicted molar refractivity (Wildman–Crippen MR) is 80.7 cm³/mol. The zero-order chi connectivity index (χ0) is 15.4. The van der Waals surface area contributed by atoms with Crippen LogP contribution in [0.25, 0.3) is 11.8 Å². The normalized spacial score (nSPS) is 11.0. The second-order valence-corrected chi connectivity index (χ2v) is 4.62. The number of hydrogen-bond acceptors (Lipinski definition) is 3. The van der Waals surface area contributed by atoms with Gasteiger partial charge in [0.15, 0.2) is 0 Å². The van der Waals surface area contributed by atoms with Crippen LogP contribution >= 0.6 is 0 Å². The molecular weight excluding hydrogens is 264 g/mol. The molecule has 0 aliphatic carbocycles. The van der Waals surface area contributed by atoms with Gasteiger partial charge in [-0.2, -0.15) is 5.26 Å². The van der Waals surface area contributed by atoms with Crippen molar-refractivity contribution in [3.05, 3.63) is 53.1 Å². The van der Waals surface area contributed by atoms with Crippen LogP contribution in [0.2, 0.25) is 0 Å². The Hall–Kier alpha value is -2.87. The smallest absolute Gasteiger partial charge is 0.261 e. The maximum Gasteiger partial charge on any atom is 0.261 e. The Morgan fingerprint density at radius 3 is 2.81 bits per heavy atom. The molecule has 21 heavy (non-hydrogen) atoms. The highest BCUT2D eigenvalue weighted by atomic mass is 16.1. The summed E-state index contributed by atoms with van der Waals surface area (Å²) in [6.45, 7) is 3.92. The molecule has 0 saturated heterocycles. The number of likely N-dealkylation sites (N-methyl/N-ethyl adjacent to an activating group) is 1. The van der Waals surface area contributed by atoms with E-state index in [0.29, 0.717) is 0 Å². The molecule has 1 amide bonds. The van der Waals surface area contributed by atoms with Crippen LogP contribution in [0.4, 0.5) is 0 Å². The predicted octanol–water partition coefficient (Wildman–Crippen LogP) is 2.14. The molecule has 0 saturated carbocycles. The molecule has 0 aliphatic heterocycles. The van der Waals surface area contributed by atoms with Crippen LogP contribution < -0.4 is 5.32 Å². The summed E-state index contributed by atoms with van der Waals surface area (Å²) in [7, 11) is 1.51. The SMILES string of the molecule is CNC(=O)/C(C#N)=C\c1cc(C)n(-c2cccnc2)c1C. The van der Waals surface area contributed by atoms with Gasteiger partial charge in [-0.3, -0.25) is 9.78 Å². The number of aromatic nitrogens is 2. The lowest BCUT2D eigenvalue weighted by Crippen LogP contribution is -2.19. The van der Waals surface area contributed by atoms with E-state index in [1.165, 1.54) is 7.05 Å². The zero-order valence-corrected chi connectivity index (χ0v) is 12.2. The van der Waals surface area contributed by atoms with Gasteiger partial charge in [0, 0.05) is 24.6 Å². The molecule has 0 atom stereocenters. The van der Waals surface area contributed by atoms with Crippen molar-refractivity contribution in [2.45, 2.75) is 13.8 Å². The van der Waals surface area contributed by atoms with E-state index in [4.69, 9.17) is 5.26 Å². The minimum atomic E-state index is -0.385. The van der Waals surface area contributed by atoms with Crippen LogP contribution in [0.3, 0.4) is 0 Å². The van der Waals surface area contributed by atoms with Crippen LogP contribution in [-0.4, -0.2) is 22.5 Å². The molecule has 1 N–H and O–H groups in total. The van der Waals surface area contributed by atoms with Gasteiger partial charge in [0.2, 0.25) is 0 Å². The molecule has 106 valence electrons. The highest BCUT2D eigenvalue weighted by molar-refractivity contribution is 6.01. The highest BCUT2D eigenvalue weighted by Crippen LogP contribution is 2.22. The number of aryl methyl sites for hydroxylation is 1. The monoisotopic (exact) mass is 280 g/mol. The Kier molecular flexibility index (Phi) is 4.19. The van der Waals surface area contributed by atoms with Gasteiger partial charge in [0.1, 0.15) is 11.6 Å². The van der Waals surface area contributed by atoms with Crippen molar-refractivity contribution in [2.24, 2.45) is 0 Å². The summed E-state index contributed by atoms with van der Waals surface area (Å²) < 4.78 is 2.04. The number of hydrogen-bond donors (Lipinski definition) is 1. The molecule has 0 aromatic carbocycles. The minimum absolute atomic E-state index is 0.0870. The second-order valence-electron chi connectivity index (χ2n) is 4.62. The van der Waals surface area contributed by atoms with Gasteiger partial charge < -0.3 is 9.88 Å². The molecule has 5 heteroatoms. The first-order chi connectivity index (χ1) is 10.1. The van der Waals surface area contributed by atoms with Crippen LogP contribution in [0.15, 0.2) is 36.2 Å². The van der Waals surface area contributed by atoms with Gasteiger partial charge in [-0.1, -0.05) is 0 Å². The number of nitrogens with one attached hydrogen (secondary N) is 1. The lowest BCUT2D eigenvalue weighted by Gasteiger charge is -2.08. The molecule has 0 spiro atoms. The molecule has 0 unspecified atom stereocenters. The maximum absolute atomic E-state index is 11.6. The molecule has 2 heterocycles. The van der Waals surface area contributed by atoms with Gasteiger partial charge in [0.25, 0.3) is 5.91 Å². The molecule has 5 nitrogen and oxygen atoms in total. The van der Waals surface area contributed by atoms with E-state index in [1.54, 1.807) is 18.5 Å². The van der Waals surface area contributed by atoms with E-state index in [-0.39, 0.29) is 11.5 Å². The topological polar surface area (TPSA) is 70.7 Å². The largest absolute Gasteiger partial charge is 0.354 e. The van der Waals surface area contributed by atoms with E-state index in [9.17, 15) is 4.79 Å². The third-order valence-corrected chi connectivity index (χ3v) is 3.27. The number of carbonyl (C=O) groups is 1. The Balaban J connectivity index is 2.53. The summed E-state index contributed by atoms with van der Waals surface area (Å²) in [5.74, 6) is -0.385. The van der Waals surface area contributed by atoms with Crippen molar-refractivity contribution >= 4 is 12.0 Å². The number of pyridine rings is 1. The Morgan fingerprint density at radius 1 is 1.48 bits per heavy atom. The summed E-state index contributed by atoms with van der Waals surface area (Å²) in [5.41, 5.74) is 3.85. The first-order valence-electron chi connectivity index (χ1n) is 6.51. The number of nitrogens with zero attached hydrogens (tertiary/aromatic N) is 3. The number of nitriles is 1. The summed E-state index contributed by atoms with van der Waals surface area (Å²) in [6.07, 6.45) is 5.10. The van der Waals surface area contributed by atoms with Crippen molar-refractivity contribution in [1.82, 2.24) is 14.9 Å². The fourth-order valence-corrected chi connectivity index (χ4v) is 2.26. The molecule has 0 bridgehead atoms. The summed E-state index contributed by atoms with van der Waals surface area (Å²) in [6, 6.07) is 7.70. The summed E-state index contributed by atoms with van der Waals surface area (Å²) in [5, 5.41) is 11.5. The van der Waals surface area contributed by atoms with Gasteiger partial charge in [-0.25, -0.2) is 0 Å². The Labute approximate surface area is 123 Å². The Bertz CT molecular complexity index is 736. The molecule has 2 aromatic rings. The zero-order valence-electron chi connectivity index (χ0n) is 12.2. The summed E-state index contributed by atoms with van der Waals surface area (Å²) >= 11 is 0. The van der Waals surface area contributed by atoms with Crippen LogP contribution in [-0.2, 0) is 4.79 Å². The van der Waals surface area contributed by atoms with Gasteiger partial charge in [0.05, 0.1) is 11.9 Å². The van der Waals surface area contributed by atoms with Gasteiger partial charge in [-0.05, 0) is 43.7 Å². The number of carbonyl (C=O) groups excluding carboxylic acids is 1. The van der Waals surface area contributed by atoms with E-state index < -0.39 is 0 Å². The van der Waals surface area contributed by atoms with Crippen molar-refractivity contribution in [1.29, 1.82) is 5.26 Å². The van der Waals surface area contributed by atoms with Crippen molar-refractivity contribution in [2.75, 3.05) is 7.05 Å². The average Bonchev–Trinajstić information content (AvgIpc) is 2.79. The standard InChI is InChI=1S/C16H16N4O/c1-11-7-13(8-14(9-17)16(21)18-3)12(2)20(11)15-5-4-6-19-10-15/h4-8,10H,1-3H3,(H,18,21)/b14-8-. The first-order valence-corrected chi connectivity index (χ1v) is 6.51. The molecule has 0 fully saturated rings. The van der Waals surface area contributed by atoms with Crippen LogP contribution in [0, 0.1) is 25.2 Å². The maximum atomic E-state index is 11.6.